The Labute approximate surface area is 107 Å². The summed E-state index contributed by atoms with van der Waals surface area (Å²) in [5, 5.41) is 2.86. The van der Waals surface area contributed by atoms with Gasteiger partial charge < -0.3 is 15.8 Å². The van der Waals surface area contributed by atoms with Crippen molar-refractivity contribution in [3.05, 3.63) is 42.6 Å². The van der Waals surface area contributed by atoms with Crippen molar-refractivity contribution in [2.75, 3.05) is 11.1 Å². The van der Waals surface area contributed by atoms with Crippen molar-refractivity contribution in [1.29, 1.82) is 0 Å². The number of nitrogens with zero attached hydrogens (tertiary/aromatic N) is 1. The SMILES string of the molecule is Nc1ncccc1Nc1cccc(OC(F)(F)F)c1. The Morgan fingerprint density at radius 3 is 2.63 bits per heavy atom. The average molecular weight is 269 g/mol. The van der Waals surface area contributed by atoms with Gasteiger partial charge in [-0.3, -0.25) is 0 Å². The van der Waals surface area contributed by atoms with Crippen molar-refractivity contribution in [2.45, 2.75) is 6.36 Å². The van der Waals surface area contributed by atoms with Gasteiger partial charge in [-0.2, -0.15) is 0 Å². The van der Waals surface area contributed by atoms with Crippen LogP contribution in [0.25, 0.3) is 0 Å². The maximum atomic E-state index is 12.1. The van der Waals surface area contributed by atoms with Gasteiger partial charge in [-0.1, -0.05) is 6.07 Å². The number of alkyl halides is 3. The third-order valence-corrected chi connectivity index (χ3v) is 2.19. The zero-order valence-corrected chi connectivity index (χ0v) is 9.61. The van der Waals surface area contributed by atoms with E-state index >= 15 is 0 Å². The summed E-state index contributed by atoms with van der Waals surface area (Å²) in [7, 11) is 0. The van der Waals surface area contributed by atoms with Gasteiger partial charge in [-0.15, -0.1) is 13.2 Å². The van der Waals surface area contributed by atoms with Gasteiger partial charge in [0.05, 0.1) is 5.69 Å². The number of benzene rings is 1. The van der Waals surface area contributed by atoms with E-state index in [2.05, 4.69) is 15.0 Å². The first-order valence-electron chi connectivity index (χ1n) is 5.27. The van der Waals surface area contributed by atoms with Crippen LogP contribution in [0.1, 0.15) is 0 Å². The molecule has 0 unspecified atom stereocenters. The predicted octanol–water partition coefficient (Wildman–Crippen LogP) is 3.31. The number of aromatic nitrogens is 1. The number of halogens is 3. The van der Waals surface area contributed by atoms with Gasteiger partial charge >= 0.3 is 6.36 Å². The van der Waals surface area contributed by atoms with Crippen LogP contribution in [0.15, 0.2) is 42.6 Å². The van der Waals surface area contributed by atoms with Gasteiger partial charge in [0, 0.05) is 18.0 Å². The van der Waals surface area contributed by atoms with Gasteiger partial charge in [0.1, 0.15) is 11.6 Å². The molecule has 1 aromatic heterocycles. The maximum absolute atomic E-state index is 12.1. The van der Waals surface area contributed by atoms with Crippen LogP contribution in [0.3, 0.4) is 0 Å². The van der Waals surface area contributed by atoms with Crippen molar-refractivity contribution in [3.63, 3.8) is 0 Å². The van der Waals surface area contributed by atoms with Crippen LogP contribution in [-0.4, -0.2) is 11.3 Å². The summed E-state index contributed by atoms with van der Waals surface area (Å²) in [6.45, 7) is 0. The Morgan fingerprint density at radius 1 is 1.16 bits per heavy atom. The van der Waals surface area contributed by atoms with Crippen LogP contribution in [0.2, 0.25) is 0 Å². The summed E-state index contributed by atoms with van der Waals surface area (Å²) in [5.41, 5.74) is 6.55. The molecule has 0 radical (unpaired) electrons. The third kappa shape index (κ3) is 3.77. The first-order valence-corrected chi connectivity index (χ1v) is 5.27. The van der Waals surface area contributed by atoms with Gasteiger partial charge in [0.2, 0.25) is 0 Å². The van der Waals surface area contributed by atoms with Gasteiger partial charge in [-0.25, -0.2) is 4.98 Å². The Bertz CT molecular complexity index is 572. The monoisotopic (exact) mass is 269 g/mol. The minimum Gasteiger partial charge on any atom is -0.406 e. The minimum absolute atomic E-state index is 0.254. The Kier molecular flexibility index (Phi) is 3.46. The fraction of sp³-hybridized carbons (Fsp3) is 0.0833. The van der Waals surface area contributed by atoms with Crippen LogP contribution >= 0.6 is 0 Å². The second-order valence-electron chi connectivity index (χ2n) is 3.64. The molecule has 0 aliphatic carbocycles. The van der Waals surface area contributed by atoms with E-state index in [-0.39, 0.29) is 11.6 Å². The maximum Gasteiger partial charge on any atom is 0.573 e. The van der Waals surface area contributed by atoms with E-state index in [0.717, 1.165) is 0 Å². The molecule has 2 aromatic rings. The van der Waals surface area contributed by atoms with Crippen LogP contribution < -0.4 is 15.8 Å². The predicted molar refractivity (Wildman–Crippen MR) is 65.1 cm³/mol. The van der Waals surface area contributed by atoms with Crippen molar-refractivity contribution < 1.29 is 17.9 Å². The number of hydrogen-bond donors (Lipinski definition) is 2. The molecule has 0 amide bonds. The lowest BCUT2D eigenvalue weighted by Crippen LogP contribution is -2.17. The molecular formula is C12H10F3N3O. The summed E-state index contributed by atoms with van der Waals surface area (Å²) < 4.78 is 40.1. The largest absolute Gasteiger partial charge is 0.573 e. The Balaban J connectivity index is 2.18. The molecule has 0 atom stereocenters. The summed E-state index contributed by atoms with van der Waals surface area (Å²) in [6.07, 6.45) is -3.20. The third-order valence-electron chi connectivity index (χ3n) is 2.19. The molecule has 0 saturated heterocycles. The molecule has 100 valence electrons. The fourth-order valence-corrected chi connectivity index (χ4v) is 1.45. The van der Waals surface area contributed by atoms with E-state index in [0.29, 0.717) is 11.4 Å². The second-order valence-corrected chi connectivity index (χ2v) is 3.64. The highest BCUT2D eigenvalue weighted by molar-refractivity contribution is 5.69. The topological polar surface area (TPSA) is 60.2 Å². The number of rotatable bonds is 3. The second kappa shape index (κ2) is 5.05. The van der Waals surface area contributed by atoms with E-state index in [1.807, 2.05) is 0 Å². The molecule has 4 nitrogen and oxygen atoms in total. The molecule has 0 aliphatic heterocycles. The first kappa shape index (κ1) is 13.0. The van der Waals surface area contributed by atoms with Crippen molar-refractivity contribution in [1.82, 2.24) is 4.98 Å². The number of hydrogen-bond acceptors (Lipinski definition) is 4. The lowest BCUT2D eigenvalue weighted by molar-refractivity contribution is -0.274. The minimum atomic E-state index is -4.72. The molecular weight excluding hydrogens is 259 g/mol. The molecule has 0 aliphatic rings. The van der Waals surface area contributed by atoms with Crippen LogP contribution in [0, 0.1) is 0 Å². The number of anilines is 3. The van der Waals surface area contributed by atoms with Gasteiger partial charge in [0.25, 0.3) is 0 Å². The lowest BCUT2D eigenvalue weighted by Gasteiger charge is -2.11. The molecule has 7 heteroatoms. The molecule has 3 N–H and O–H groups in total. The number of nitrogen functional groups attached to an aromatic ring is 1. The zero-order chi connectivity index (χ0) is 13.9. The highest BCUT2D eigenvalue weighted by atomic mass is 19.4. The van der Waals surface area contributed by atoms with E-state index in [9.17, 15) is 13.2 Å². The molecule has 0 fully saturated rings. The molecule has 0 spiro atoms. The standard InChI is InChI=1S/C12H10F3N3O/c13-12(14,15)19-9-4-1-3-8(7-9)18-10-5-2-6-17-11(10)16/h1-7,18H,(H2,16,17). The number of ether oxygens (including phenoxy) is 1. The number of nitrogens with two attached hydrogens (primary N) is 1. The fourth-order valence-electron chi connectivity index (χ4n) is 1.45. The molecule has 1 heterocycles. The quantitative estimate of drug-likeness (QED) is 0.897. The lowest BCUT2D eigenvalue weighted by atomic mass is 10.3. The van der Waals surface area contributed by atoms with Crippen LogP contribution in [0.4, 0.5) is 30.4 Å². The zero-order valence-electron chi connectivity index (χ0n) is 9.61. The van der Waals surface area contributed by atoms with Crippen LogP contribution in [0.5, 0.6) is 5.75 Å². The summed E-state index contributed by atoms with van der Waals surface area (Å²) in [6, 6.07) is 8.80. The summed E-state index contributed by atoms with van der Waals surface area (Å²) >= 11 is 0. The van der Waals surface area contributed by atoms with Crippen molar-refractivity contribution in [3.8, 4) is 5.75 Å². The van der Waals surface area contributed by atoms with Gasteiger partial charge in [-0.05, 0) is 24.3 Å². The smallest absolute Gasteiger partial charge is 0.406 e. The number of pyridine rings is 1. The Hall–Kier alpha value is -2.44. The van der Waals surface area contributed by atoms with Crippen molar-refractivity contribution in [2.24, 2.45) is 0 Å². The summed E-state index contributed by atoms with van der Waals surface area (Å²) in [4.78, 5) is 3.86. The van der Waals surface area contributed by atoms with E-state index < -0.39 is 6.36 Å². The van der Waals surface area contributed by atoms with E-state index in [4.69, 9.17) is 5.73 Å². The van der Waals surface area contributed by atoms with Gasteiger partial charge in [0.15, 0.2) is 0 Å². The van der Waals surface area contributed by atoms with E-state index in [1.54, 1.807) is 18.2 Å². The van der Waals surface area contributed by atoms with E-state index in [1.165, 1.54) is 24.4 Å². The summed E-state index contributed by atoms with van der Waals surface area (Å²) in [5.74, 6) is -0.0513. The molecule has 0 bridgehead atoms. The molecule has 2 rings (SSSR count). The van der Waals surface area contributed by atoms with Crippen molar-refractivity contribution >= 4 is 17.2 Å². The van der Waals surface area contributed by atoms with Crippen LogP contribution in [-0.2, 0) is 0 Å². The highest BCUT2D eigenvalue weighted by Crippen LogP contribution is 2.27. The first-order chi connectivity index (χ1) is 8.94. The highest BCUT2D eigenvalue weighted by Gasteiger charge is 2.31. The normalized spacial score (nSPS) is 11.1. The number of nitrogens with one attached hydrogen (secondary N) is 1. The molecule has 0 saturated carbocycles. The molecule has 19 heavy (non-hydrogen) atoms. The Morgan fingerprint density at radius 2 is 1.95 bits per heavy atom. The average Bonchev–Trinajstić information content (AvgIpc) is 2.30. The molecule has 1 aromatic carbocycles.